The summed E-state index contributed by atoms with van der Waals surface area (Å²) in [6.07, 6.45) is 0.389. The highest BCUT2D eigenvalue weighted by molar-refractivity contribution is 5.84. The van der Waals surface area contributed by atoms with Crippen LogP contribution in [0.25, 0.3) is 0 Å². The lowest BCUT2D eigenvalue weighted by Gasteiger charge is -2.33. The number of benzene rings is 1. The van der Waals surface area contributed by atoms with E-state index >= 15 is 0 Å². The summed E-state index contributed by atoms with van der Waals surface area (Å²) < 4.78 is 15.4. The van der Waals surface area contributed by atoms with Gasteiger partial charge in [0.2, 0.25) is 0 Å². The number of ether oxygens (including phenoxy) is 3. The van der Waals surface area contributed by atoms with Crippen molar-refractivity contribution in [2.24, 2.45) is 5.73 Å². The molecule has 2 N–H and O–H groups in total. The first-order chi connectivity index (χ1) is 8.11. The van der Waals surface area contributed by atoms with Crippen molar-refractivity contribution in [3.05, 3.63) is 23.8 Å². The van der Waals surface area contributed by atoms with E-state index < -0.39 is 11.5 Å². The molecule has 1 aromatic rings. The molecule has 0 aromatic heterocycles. The Balaban J connectivity index is 2.52. The molecule has 1 aromatic carbocycles. The number of methoxy groups -OCH3 is 2. The van der Waals surface area contributed by atoms with Crippen LogP contribution in [0.4, 0.5) is 0 Å². The first-order valence-corrected chi connectivity index (χ1v) is 5.30. The van der Waals surface area contributed by atoms with Gasteiger partial charge in [-0.15, -0.1) is 0 Å². The van der Waals surface area contributed by atoms with E-state index in [4.69, 9.17) is 19.9 Å². The summed E-state index contributed by atoms with van der Waals surface area (Å²) in [4.78, 5) is 11.8. The van der Waals surface area contributed by atoms with Gasteiger partial charge in [-0.05, 0) is 18.2 Å². The minimum atomic E-state index is -1.16. The number of carbonyl (C=O) groups excluding carboxylic acids is 1. The number of hydrogen-bond acceptors (Lipinski definition) is 5. The lowest BCUT2D eigenvalue weighted by atomic mass is 9.85. The van der Waals surface area contributed by atoms with E-state index in [9.17, 15) is 4.79 Å². The zero-order valence-corrected chi connectivity index (χ0v) is 9.86. The molecule has 0 saturated heterocycles. The molecule has 0 aliphatic carbocycles. The summed E-state index contributed by atoms with van der Waals surface area (Å²) >= 11 is 0. The van der Waals surface area contributed by atoms with Gasteiger partial charge in [0.05, 0.1) is 20.8 Å². The fourth-order valence-corrected chi connectivity index (χ4v) is 1.96. The number of carbonyl (C=O) groups is 1. The van der Waals surface area contributed by atoms with Gasteiger partial charge in [0, 0.05) is 12.0 Å². The third-order valence-electron chi connectivity index (χ3n) is 2.97. The van der Waals surface area contributed by atoms with Crippen molar-refractivity contribution in [2.45, 2.75) is 12.0 Å². The summed E-state index contributed by atoms with van der Waals surface area (Å²) in [6.45, 7) is 0.394. The lowest BCUT2D eigenvalue weighted by molar-refractivity contribution is -0.148. The van der Waals surface area contributed by atoms with Gasteiger partial charge in [-0.3, -0.25) is 0 Å². The maximum atomic E-state index is 11.8. The van der Waals surface area contributed by atoms with Crippen molar-refractivity contribution in [3.8, 4) is 11.5 Å². The van der Waals surface area contributed by atoms with Gasteiger partial charge in [0.1, 0.15) is 17.0 Å². The van der Waals surface area contributed by atoms with Crippen molar-refractivity contribution in [2.75, 3.05) is 20.8 Å². The van der Waals surface area contributed by atoms with E-state index in [0.717, 1.165) is 0 Å². The van der Waals surface area contributed by atoms with Crippen LogP contribution in [0.2, 0.25) is 0 Å². The monoisotopic (exact) mass is 237 g/mol. The van der Waals surface area contributed by atoms with Gasteiger partial charge >= 0.3 is 5.97 Å². The highest BCUT2D eigenvalue weighted by Crippen LogP contribution is 2.38. The van der Waals surface area contributed by atoms with Crippen molar-refractivity contribution < 1.29 is 19.0 Å². The zero-order chi connectivity index (χ0) is 12.5. The van der Waals surface area contributed by atoms with Crippen LogP contribution in [-0.4, -0.2) is 26.8 Å². The Bertz CT molecular complexity index is 446. The average Bonchev–Trinajstić information content (AvgIpc) is 2.37. The molecule has 0 saturated carbocycles. The molecule has 0 amide bonds. The summed E-state index contributed by atoms with van der Waals surface area (Å²) in [5, 5.41) is 0. The number of esters is 1. The normalized spacial score (nSPS) is 22.3. The Kier molecular flexibility index (Phi) is 2.93. The van der Waals surface area contributed by atoms with Gasteiger partial charge < -0.3 is 19.9 Å². The summed E-state index contributed by atoms with van der Waals surface area (Å²) in [6, 6.07) is 5.23. The Labute approximate surface area is 99.5 Å². The van der Waals surface area contributed by atoms with E-state index in [-0.39, 0.29) is 0 Å². The molecule has 1 aliphatic rings. The number of fused-ring (bicyclic) bond motifs is 1. The van der Waals surface area contributed by atoms with Crippen LogP contribution >= 0.6 is 0 Å². The average molecular weight is 237 g/mol. The molecule has 0 radical (unpaired) electrons. The topological polar surface area (TPSA) is 70.8 Å². The van der Waals surface area contributed by atoms with Crippen LogP contribution in [0.3, 0.4) is 0 Å². The molecule has 5 nitrogen and oxygen atoms in total. The van der Waals surface area contributed by atoms with E-state index in [1.807, 2.05) is 0 Å². The molecule has 0 spiro atoms. The maximum Gasteiger partial charge on any atom is 0.330 e. The van der Waals surface area contributed by atoms with Gasteiger partial charge in [-0.25, -0.2) is 4.79 Å². The summed E-state index contributed by atoms with van der Waals surface area (Å²) in [5.41, 5.74) is 5.59. The molecule has 17 heavy (non-hydrogen) atoms. The Hall–Kier alpha value is -1.75. The third-order valence-corrected chi connectivity index (χ3v) is 2.97. The molecule has 1 atom stereocenters. The van der Waals surface area contributed by atoms with E-state index in [1.54, 1.807) is 25.3 Å². The molecule has 1 unspecified atom stereocenters. The molecule has 0 bridgehead atoms. The number of rotatable bonds is 2. The molecule has 5 heteroatoms. The van der Waals surface area contributed by atoms with Crippen LogP contribution in [0.15, 0.2) is 18.2 Å². The van der Waals surface area contributed by atoms with Crippen molar-refractivity contribution in [1.29, 1.82) is 0 Å². The zero-order valence-electron chi connectivity index (χ0n) is 9.86. The van der Waals surface area contributed by atoms with Crippen LogP contribution < -0.4 is 15.2 Å². The van der Waals surface area contributed by atoms with Crippen molar-refractivity contribution in [1.82, 2.24) is 0 Å². The van der Waals surface area contributed by atoms with Crippen LogP contribution in [0.1, 0.15) is 12.0 Å². The molecule has 0 fully saturated rings. The second-order valence-corrected chi connectivity index (χ2v) is 3.92. The van der Waals surface area contributed by atoms with Gasteiger partial charge in [0.25, 0.3) is 0 Å². The largest absolute Gasteiger partial charge is 0.497 e. The third kappa shape index (κ3) is 1.82. The first-order valence-electron chi connectivity index (χ1n) is 5.30. The summed E-state index contributed by atoms with van der Waals surface area (Å²) in [5.74, 6) is 0.772. The predicted molar refractivity (Wildman–Crippen MR) is 61.0 cm³/mol. The van der Waals surface area contributed by atoms with Gasteiger partial charge in [-0.2, -0.15) is 0 Å². The lowest BCUT2D eigenvalue weighted by Crippen LogP contribution is -2.49. The SMILES string of the molecule is COC(=O)C1(N)CCOc2ccc(OC)cc21. The quantitative estimate of drug-likeness (QED) is 0.770. The minimum Gasteiger partial charge on any atom is -0.497 e. The number of hydrogen-bond donors (Lipinski definition) is 1. The van der Waals surface area contributed by atoms with Crippen LogP contribution in [0, 0.1) is 0 Å². The molecule has 2 rings (SSSR count). The fourth-order valence-electron chi connectivity index (χ4n) is 1.96. The minimum absolute atomic E-state index is 0.389. The highest BCUT2D eigenvalue weighted by Gasteiger charge is 2.42. The molecular formula is C12H15NO4. The van der Waals surface area contributed by atoms with E-state index in [2.05, 4.69) is 0 Å². The second kappa shape index (κ2) is 4.25. The van der Waals surface area contributed by atoms with Crippen LogP contribution in [-0.2, 0) is 15.1 Å². The predicted octanol–water partition coefficient (Wildman–Crippen LogP) is 0.805. The van der Waals surface area contributed by atoms with Crippen molar-refractivity contribution >= 4 is 5.97 Å². The van der Waals surface area contributed by atoms with E-state index in [0.29, 0.717) is 30.1 Å². The van der Waals surface area contributed by atoms with Crippen LogP contribution in [0.5, 0.6) is 11.5 Å². The molecule has 92 valence electrons. The molecule has 1 aliphatic heterocycles. The van der Waals surface area contributed by atoms with Gasteiger partial charge in [-0.1, -0.05) is 0 Å². The Morgan fingerprint density at radius 3 is 2.88 bits per heavy atom. The van der Waals surface area contributed by atoms with Gasteiger partial charge in [0.15, 0.2) is 0 Å². The highest BCUT2D eigenvalue weighted by atomic mass is 16.5. The standard InChI is InChI=1S/C12H15NO4/c1-15-8-3-4-10-9(7-8)12(13,5-6-17-10)11(14)16-2/h3-4,7H,5-6,13H2,1-2H3. The second-order valence-electron chi connectivity index (χ2n) is 3.92. The molecular weight excluding hydrogens is 222 g/mol. The van der Waals surface area contributed by atoms with Crippen molar-refractivity contribution in [3.63, 3.8) is 0 Å². The summed E-state index contributed by atoms with van der Waals surface area (Å²) in [7, 11) is 2.88. The maximum absolute atomic E-state index is 11.8. The Morgan fingerprint density at radius 2 is 2.24 bits per heavy atom. The fraction of sp³-hybridized carbons (Fsp3) is 0.417. The smallest absolute Gasteiger partial charge is 0.330 e. The number of nitrogens with two attached hydrogens (primary N) is 1. The van der Waals surface area contributed by atoms with E-state index in [1.165, 1.54) is 7.11 Å². The first kappa shape index (κ1) is 11.7. The Morgan fingerprint density at radius 1 is 1.47 bits per heavy atom. The molecule has 1 heterocycles.